The number of hydrogen-bond acceptors (Lipinski definition) is 4. The maximum atomic E-state index is 12.5. The molecule has 0 radical (unpaired) electrons. The molecule has 24 heavy (non-hydrogen) atoms. The van der Waals surface area contributed by atoms with E-state index in [9.17, 15) is 4.79 Å². The summed E-state index contributed by atoms with van der Waals surface area (Å²) in [6.45, 7) is 0. The van der Waals surface area contributed by atoms with Crippen LogP contribution in [-0.2, 0) is 4.79 Å². The predicted molar refractivity (Wildman–Crippen MR) is 102 cm³/mol. The number of carbonyl (C=O) groups excluding carboxylic acids is 1. The highest BCUT2D eigenvalue weighted by Crippen LogP contribution is 2.27. The minimum absolute atomic E-state index is 0.177. The highest BCUT2D eigenvalue weighted by Gasteiger charge is 2.25. The third-order valence-electron chi connectivity index (χ3n) is 3.62. The van der Waals surface area contributed by atoms with Gasteiger partial charge in [-0.25, -0.2) is 0 Å². The van der Waals surface area contributed by atoms with Crippen LogP contribution in [-0.4, -0.2) is 28.4 Å². The standard InChI is InChI=1S/C18H16ClN3OS/c1-22(14-10-6-3-7-11-14)18(23)17(19)24-16-12-15(20-21-16)13-8-4-2-5-9-13/h2-11,17H,12H2,1H3. The number of thioether (sulfide) groups is 1. The zero-order chi connectivity index (χ0) is 16.9. The van der Waals surface area contributed by atoms with E-state index >= 15 is 0 Å². The Bertz CT molecular complexity index is 777. The molecule has 2 aromatic carbocycles. The molecule has 4 nitrogen and oxygen atoms in total. The summed E-state index contributed by atoms with van der Waals surface area (Å²) in [5.41, 5.74) is 2.74. The van der Waals surface area contributed by atoms with Gasteiger partial charge in [-0.2, -0.15) is 5.10 Å². The summed E-state index contributed by atoms with van der Waals surface area (Å²) in [6.07, 6.45) is 0.597. The molecule has 0 aliphatic carbocycles. The van der Waals surface area contributed by atoms with Gasteiger partial charge in [-0.05, 0) is 17.7 Å². The highest BCUT2D eigenvalue weighted by atomic mass is 35.5. The molecular formula is C18H16ClN3OS. The summed E-state index contributed by atoms with van der Waals surface area (Å²) in [7, 11) is 1.72. The van der Waals surface area contributed by atoms with Gasteiger partial charge in [0.15, 0.2) is 4.71 Å². The van der Waals surface area contributed by atoms with Crippen LogP contribution in [0.4, 0.5) is 5.69 Å². The van der Waals surface area contributed by atoms with Crippen molar-refractivity contribution >= 4 is 45.7 Å². The number of para-hydroxylation sites is 1. The van der Waals surface area contributed by atoms with E-state index in [0.717, 1.165) is 22.0 Å². The Hall–Kier alpha value is -2.11. The van der Waals surface area contributed by atoms with Crippen LogP contribution in [0.25, 0.3) is 0 Å². The lowest BCUT2D eigenvalue weighted by molar-refractivity contribution is -0.116. The first-order chi connectivity index (χ1) is 11.6. The van der Waals surface area contributed by atoms with Crippen LogP contribution in [0, 0.1) is 0 Å². The second-order valence-electron chi connectivity index (χ2n) is 5.25. The summed E-state index contributed by atoms with van der Waals surface area (Å²) in [4.78, 5) is 14.0. The molecule has 1 heterocycles. The van der Waals surface area contributed by atoms with E-state index in [1.807, 2.05) is 60.7 Å². The fraction of sp³-hybridized carbons (Fsp3) is 0.167. The van der Waals surface area contributed by atoms with Gasteiger partial charge in [-0.15, -0.1) is 5.10 Å². The summed E-state index contributed by atoms with van der Waals surface area (Å²) in [5, 5.41) is 9.12. The molecule has 1 atom stereocenters. The van der Waals surface area contributed by atoms with Gasteiger partial charge >= 0.3 is 0 Å². The van der Waals surface area contributed by atoms with Gasteiger partial charge < -0.3 is 4.90 Å². The van der Waals surface area contributed by atoms with E-state index in [2.05, 4.69) is 10.2 Å². The van der Waals surface area contributed by atoms with Crippen molar-refractivity contribution in [1.29, 1.82) is 0 Å². The number of nitrogens with zero attached hydrogens (tertiary/aromatic N) is 3. The van der Waals surface area contributed by atoms with E-state index in [4.69, 9.17) is 11.6 Å². The number of benzene rings is 2. The normalized spacial score (nSPS) is 14.8. The molecule has 1 amide bonds. The number of rotatable bonds is 4. The Morgan fingerprint density at radius 3 is 2.38 bits per heavy atom. The average molecular weight is 358 g/mol. The van der Waals surface area contributed by atoms with Gasteiger partial charge in [0, 0.05) is 19.2 Å². The maximum absolute atomic E-state index is 12.5. The Morgan fingerprint density at radius 1 is 1.08 bits per heavy atom. The maximum Gasteiger partial charge on any atom is 0.255 e. The fourth-order valence-corrected chi connectivity index (χ4v) is 3.55. The van der Waals surface area contributed by atoms with Gasteiger partial charge in [-0.1, -0.05) is 71.9 Å². The Labute approximate surface area is 150 Å². The first-order valence-electron chi connectivity index (χ1n) is 7.47. The fourth-order valence-electron chi connectivity index (χ4n) is 2.29. The average Bonchev–Trinajstić information content (AvgIpc) is 3.10. The molecule has 1 aliphatic heterocycles. The zero-order valence-electron chi connectivity index (χ0n) is 13.1. The van der Waals surface area contributed by atoms with Crippen molar-refractivity contribution in [3.8, 4) is 0 Å². The summed E-state index contributed by atoms with van der Waals surface area (Å²) in [6, 6.07) is 19.3. The predicted octanol–water partition coefficient (Wildman–Crippen LogP) is 4.15. The molecule has 1 unspecified atom stereocenters. The van der Waals surface area contributed by atoms with Gasteiger partial charge in [0.05, 0.1) is 5.71 Å². The molecule has 122 valence electrons. The summed E-state index contributed by atoms with van der Waals surface area (Å²) < 4.78 is -0.737. The Kier molecular flexibility index (Phi) is 5.33. The molecule has 3 rings (SSSR count). The molecule has 0 bridgehead atoms. The molecule has 0 spiro atoms. The molecule has 0 aromatic heterocycles. The quantitative estimate of drug-likeness (QED) is 0.771. The van der Waals surface area contributed by atoms with E-state index in [1.54, 1.807) is 11.9 Å². The van der Waals surface area contributed by atoms with Crippen LogP contribution in [0.5, 0.6) is 0 Å². The number of amides is 1. The lowest BCUT2D eigenvalue weighted by Crippen LogP contribution is -2.32. The van der Waals surface area contributed by atoms with E-state index in [0.29, 0.717) is 6.42 Å². The van der Waals surface area contributed by atoms with E-state index in [1.165, 1.54) is 11.8 Å². The van der Waals surface area contributed by atoms with Crippen molar-refractivity contribution in [3.05, 3.63) is 66.2 Å². The number of hydrogen-bond donors (Lipinski definition) is 0. The molecule has 2 aromatic rings. The molecular weight excluding hydrogens is 342 g/mol. The molecule has 1 aliphatic rings. The number of carbonyl (C=O) groups is 1. The zero-order valence-corrected chi connectivity index (χ0v) is 14.7. The molecule has 0 N–H and O–H groups in total. The first kappa shape index (κ1) is 16.7. The Balaban J connectivity index is 1.58. The monoisotopic (exact) mass is 357 g/mol. The third kappa shape index (κ3) is 3.86. The van der Waals surface area contributed by atoms with Gasteiger partial charge in [0.1, 0.15) is 5.04 Å². The largest absolute Gasteiger partial charge is 0.313 e. The van der Waals surface area contributed by atoms with Gasteiger partial charge in [0.2, 0.25) is 0 Å². The second-order valence-corrected chi connectivity index (χ2v) is 7.12. The van der Waals surface area contributed by atoms with Crippen molar-refractivity contribution in [3.63, 3.8) is 0 Å². The van der Waals surface area contributed by atoms with Crippen LogP contribution in [0.3, 0.4) is 0 Å². The second kappa shape index (κ2) is 7.64. The molecule has 0 saturated carbocycles. The summed E-state index contributed by atoms with van der Waals surface area (Å²) >= 11 is 7.54. The minimum Gasteiger partial charge on any atom is -0.313 e. The van der Waals surface area contributed by atoms with Crippen molar-refractivity contribution in [2.45, 2.75) is 11.1 Å². The first-order valence-corrected chi connectivity index (χ1v) is 8.79. The van der Waals surface area contributed by atoms with Crippen LogP contribution >= 0.6 is 23.4 Å². The molecule has 0 fully saturated rings. The lowest BCUT2D eigenvalue weighted by atomic mass is 10.1. The van der Waals surface area contributed by atoms with E-state index < -0.39 is 4.71 Å². The van der Waals surface area contributed by atoms with Gasteiger partial charge in [0.25, 0.3) is 5.91 Å². The third-order valence-corrected chi connectivity index (χ3v) is 4.98. The number of halogens is 1. The van der Waals surface area contributed by atoms with Crippen molar-refractivity contribution in [2.24, 2.45) is 10.2 Å². The summed E-state index contributed by atoms with van der Waals surface area (Å²) in [5.74, 6) is -0.177. The molecule has 0 saturated heterocycles. The number of alkyl halides is 1. The highest BCUT2D eigenvalue weighted by molar-refractivity contribution is 8.16. The van der Waals surface area contributed by atoms with Crippen LogP contribution < -0.4 is 4.90 Å². The number of anilines is 1. The Morgan fingerprint density at radius 2 is 1.71 bits per heavy atom. The SMILES string of the molecule is CN(C(=O)C(Cl)SC1=NN=C(c2ccccc2)C1)c1ccccc1. The smallest absolute Gasteiger partial charge is 0.255 e. The van der Waals surface area contributed by atoms with Gasteiger partial charge in [-0.3, -0.25) is 4.79 Å². The van der Waals surface area contributed by atoms with Crippen LogP contribution in [0.1, 0.15) is 12.0 Å². The topological polar surface area (TPSA) is 45.0 Å². The van der Waals surface area contributed by atoms with E-state index in [-0.39, 0.29) is 5.91 Å². The minimum atomic E-state index is -0.737. The molecule has 6 heteroatoms. The van der Waals surface area contributed by atoms with Crippen LogP contribution in [0.2, 0.25) is 0 Å². The van der Waals surface area contributed by atoms with Crippen molar-refractivity contribution in [2.75, 3.05) is 11.9 Å². The van der Waals surface area contributed by atoms with Crippen LogP contribution in [0.15, 0.2) is 70.9 Å². The van der Waals surface area contributed by atoms with Crippen molar-refractivity contribution in [1.82, 2.24) is 0 Å². The van der Waals surface area contributed by atoms with Crippen molar-refractivity contribution < 1.29 is 4.79 Å². The lowest BCUT2D eigenvalue weighted by Gasteiger charge is -2.19.